The van der Waals surface area contributed by atoms with Crippen molar-refractivity contribution in [3.63, 3.8) is 0 Å². The molecule has 0 aliphatic rings. The summed E-state index contributed by atoms with van der Waals surface area (Å²) in [6, 6.07) is 9.92. The molecule has 0 atom stereocenters. The van der Waals surface area contributed by atoms with E-state index in [4.69, 9.17) is 9.88 Å². The number of halogens is 1. The predicted molar refractivity (Wildman–Crippen MR) is 95.4 cm³/mol. The van der Waals surface area contributed by atoms with Gasteiger partial charge >= 0.3 is 5.97 Å². The summed E-state index contributed by atoms with van der Waals surface area (Å²) in [5, 5.41) is 18.0. The Labute approximate surface area is 159 Å². The molecule has 3 aromatic rings. The van der Waals surface area contributed by atoms with Gasteiger partial charge in [0.25, 0.3) is 5.82 Å². The normalized spacial score (nSPS) is 11.4. The minimum atomic E-state index is -4.09. The number of benzene rings is 2. The van der Waals surface area contributed by atoms with E-state index < -0.39 is 32.5 Å². The van der Waals surface area contributed by atoms with Crippen molar-refractivity contribution in [2.75, 3.05) is 7.11 Å². The number of hydrogen-bond acceptors (Lipinski definition) is 6. The number of aromatic carboxylic acids is 1. The highest BCUT2D eigenvalue weighted by atomic mass is 32.2. The van der Waals surface area contributed by atoms with Crippen molar-refractivity contribution >= 4 is 16.0 Å². The molecule has 0 bridgehead atoms. The number of sulfonamides is 1. The van der Waals surface area contributed by atoms with E-state index in [1.807, 2.05) is 0 Å². The highest BCUT2D eigenvalue weighted by Crippen LogP contribution is 2.21. The van der Waals surface area contributed by atoms with E-state index in [-0.39, 0.29) is 17.9 Å². The fourth-order valence-corrected chi connectivity index (χ4v) is 3.03. The van der Waals surface area contributed by atoms with Crippen LogP contribution >= 0.6 is 0 Å². The van der Waals surface area contributed by atoms with E-state index >= 15 is 0 Å². The number of primary sulfonamides is 1. The standard InChI is InChI=1S/C17H15FN4O5S/c1-27-11-4-2-10(3-5-11)8-15-20-16(17(23)24)21-22(15)14-7-6-12(9-13(14)18)28(19,25)26/h2-7,9H,8H2,1H3,(H,23,24)(H2,19,25,26). The number of nitrogens with zero attached hydrogens (tertiary/aromatic N) is 3. The number of aromatic nitrogens is 3. The topological polar surface area (TPSA) is 137 Å². The zero-order valence-electron chi connectivity index (χ0n) is 14.5. The summed E-state index contributed by atoms with van der Waals surface area (Å²) in [4.78, 5) is 14.8. The van der Waals surface area contributed by atoms with Gasteiger partial charge in [-0.1, -0.05) is 12.1 Å². The summed E-state index contributed by atoms with van der Waals surface area (Å²) in [6.45, 7) is 0. The average molecular weight is 406 g/mol. The molecule has 0 saturated heterocycles. The molecular weight excluding hydrogens is 391 g/mol. The summed E-state index contributed by atoms with van der Waals surface area (Å²) >= 11 is 0. The first-order valence-corrected chi connectivity index (χ1v) is 9.38. The molecule has 0 aliphatic carbocycles. The number of methoxy groups -OCH3 is 1. The van der Waals surface area contributed by atoms with Crippen LogP contribution in [0.5, 0.6) is 5.75 Å². The van der Waals surface area contributed by atoms with Crippen molar-refractivity contribution in [2.24, 2.45) is 5.14 Å². The van der Waals surface area contributed by atoms with Gasteiger partial charge in [0, 0.05) is 6.42 Å². The largest absolute Gasteiger partial charge is 0.497 e. The number of carbonyl (C=O) groups is 1. The lowest BCUT2D eigenvalue weighted by molar-refractivity contribution is 0.0683. The molecule has 0 amide bonds. The third kappa shape index (κ3) is 4.00. The van der Waals surface area contributed by atoms with Crippen LogP contribution < -0.4 is 9.88 Å². The van der Waals surface area contributed by atoms with Gasteiger partial charge in [-0.25, -0.2) is 32.4 Å². The second-order valence-corrected chi connectivity index (χ2v) is 7.31. The first-order valence-electron chi connectivity index (χ1n) is 7.84. The van der Waals surface area contributed by atoms with Crippen molar-refractivity contribution in [1.29, 1.82) is 0 Å². The van der Waals surface area contributed by atoms with Crippen molar-refractivity contribution in [3.8, 4) is 11.4 Å². The van der Waals surface area contributed by atoms with Gasteiger partial charge in [0.15, 0.2) is 0 Å². The van der Waals surface area contributed by atoms with Crippen LogP contribution in [-0.2, 0) is 16.4 Å². The molecule has 3 rings (SSSR count). The van der Waals surface area contributed by atoms with Gasteiger partial charge < -0.3 is 9.84 Å². The molecule has 0 unspecified atom stereocenters. The lowest BCUT2D eigenvalue weighted by atomic mass is 10.1. The maximum Gasteiger partial charge on any atom is 0.375 e. The molecular formula is C17H15FN4O5S. The van der Waals surface area contributed by atoms with Crippen molar-refractivity contribution in [1.82, 2.24) is 14.8 Å². The van der Waals surface area contributed by atoms with Crippen LogP contribution in [0.15, 0.2) is 47.4 Å². The minimum Gasteiger partial charge on any atom is -0.497 e. The number of ether oxygens (including phenoxy) is 1. The van der Waals surface area contributed by atoms with E-state index in [1.165, 1.54) is 7.11 Å². The smallest absolute Gasteiger partial charge is 0.375 e. The SMILES string of the molecule is COc1ccc(Cc2nc(C(=O)O)nn2-c2ccc(S(N)(=O)=O)cc2F)cc1. The number of hydrogen-bond donors (Lipinski definition) is 2. The monoisotopic (exact) mass is 406 g/mol. The Morgan fingerprint density at radius 2 is 1.93 bits per heavy atom. The van der Waals surface area contributed by atoms with Crippen molar-refractivity contribution in [3.05, 3.63) is 65.5 Å². The molecule has 146 valence electrons. The Hall–Kier alpha value is -3.31. The first kappa shape index (κ1) is 19.5. The van der Waals surface area contributed by atoms with Crippen LogP contribution in [0.4, 0.5) is 4.39 Å². The molecule has 1 aromatic heterocycles. The molecule has 0 saturated carbocycles. The van der Waals surface area contributed by atoms with E-state index in [1.54, 1.807) is 24.3 Å². The molecule has 9 nitrogen and oxygen atoms in total. The summed E-state index contributed by atoms with van der Waals surface area (Å²) in [6.07, 6.45) is 0.153. The van der Waals surface area contributed by atoms with Crippen molar-refractivity contribution < 1.29 is 27.4 Å². The molecule has 28 heavy (non-hydrogen) atoms. The molecule has 2 aromatic carbocycles. The number of carboxylic acids is 1. The molecule has 3 N–H and O–H groups in total. The summed E-state index contributed by atoms with van der Waals surface area (Å²) in [7, 11) is -2.56. The van der Waals surface area contributed by atoms with Crippen molar-refractivity contribution in [2.45, 2.75) is 11.3 Å². The van der Waals surface area contributed by atoms with Gasteiger partial charge in [0.1, 0.15) is 23.1 Å². The number of carboxylic acid groups (broad SMARTS) is 1. The quantitative estimate of drug-likeness (QED) is 0.630. The number of nitrogens with two attached hydrogens (primary N) is 1. The third-order valence-electron chi connectivity index (χ3n) is 3.86. The summed E-state index contributed by atoms with van der Waals surface area (Å²) in [5.41, 5.74) is 0.601. The Kier molecular flexibility index (Phi) is 5.12. The molecule has 0 spiro atoms. The van der Waals surface area contributed by atoms with Gasteiger partial charge in [-0.3, -0.25) is 0 Å². The summed E-state index contributed by atoms with van der Waals surface area (Å²) in [5.74, 6) is -2.04. The van der Waals surface area contributed by atoms with Gasteiger partial charge in [-0.15, -0.1) is 5.10 Å². The Morgan fingerprint density at radius 1 is 1.25 bits per heavy atom. The molecule has 11 heteroatoms. The van der Waals surface area contributed by atoms with E-state index in [2.05, 4.69) is 10.1 Å². The number of rotatable bonds is 6. The minimum absolute atomic E-state index is 0.153. The van der Waals surface area contributed by atoms with Crippen LogP contribution in [0.3, 0.4) is 0 Å². The Bertz CT molecular complexity index is 1140. The Morgan fingerprint density at radius 3 is 2.46 bits per heavy atom. The zero-order valence-corrected chi connectivity index (χ0v) is 15.4. The van der Waals surface area contributed by atoms with Gasteiger partial charge in [0.05, 0.1) is 12.0 Å². The zero-order chi connectivity index (χ0) is 20.5. The van der Waals surface area contributed by atoms with Crippen LogP contribution in [0, 0.1) is 5.82 Å². The van der Waals surface area contributed by atoms with E-state index in [9.17, 15) is 22.7 Å². The highest BCUT2D eigenvalue weighted by Gasteiger charge is 2.20. The fraction of sp³-hybridized carbons (Fsp3) is 0.118. The lowest BCUT2D eigenvalue weighted by Gasteiger charge is -2.09. The maximum atomic E-state index is 14.5. The third-order valence-corrected chi connectivity index (χ3v) is 4.77. The van der Waals surface area contributed by atoms with Crippen LogP contribution in [0.1, 0.15) is 22.0 Å². The second kappa shape index (κ2) is 7.37. The van der Waals surface area contributed by atoms with Crippen LogP contribution in [0.25, 0.3) is 5.69 Å². The maximum absolute atomic E-state index is 14.5. The van der Waals surface area contributed by atoms with Crippen LogP contribution in [0.2, 0.25) is 0 Å². The van der Waals surface area contributed by atoms with Gasteiger partial charge in [-0.05, 0) is 35.9 Å². The second-order valence-electron chi connectivity index (χ2n) is 5.75. The van der Waals surface area contributed by atoms with Gasteiger partial charge in [0.2, 0.25) is 10.0 Å². The molecule has 0 fully saturated rings. The highest BCUT2D eigenvalue weighted by molar-refractivity contribution is 7.89. The Balaban J connectivity index is 2.06. The summed E-state index contributed by atoms with van der Waals surface area (Å²) < 4.78 is 43.4. The van der Waals surface area contributed by atoms with Gasteiger partial charge in [-0.2, -0.15) is 0 Å². The lowest BCUT2D eigenvalue weighted by Crippen LogP contribution is -2.13. The fourth-order valence-electron chi connectivity index (χ4n) is 2.50. The van der Waals surface area contributed by atoms with E-state index in [0.29, 0.717) is 5.75 Å². The van der Waals surface area contributed by atoms with E-state index in [0.717, 1.165) is 28.4 Å². The molecule has 0 aliphatic heterocycles. The first-order chi connectivity index (χ1) is 13.2. The predicted octanol–water partition coefficient (Wildman–Crippen LogP) is 1.35. The average Bonchev–Trinajstić information content (AvgIpc) is 3.05. The molecule has 0 radical (unpaired) electrons. The van der Waals surface area contributed by atoms with Crippen LogP contribution in [-0.4, -0.2) is 41.4 Å². The molecule has 1 heterocycles.